The summed E-state index contributed by atoms with van der Waals surface area (Å²) in [6.07, 6.45) is 3.85. The molecule has 1 aromatic heterocycles. The van der Waals surface area contributed by atoms with Crippen LogP contribution in [0.1, 0.15) is 35.4 Å². The molecule has 0 saturated carbocycles. The molecule has 25 heavy (non-hydrogen) atoms. The molecule has 1 aromatic carbocycles. The Labute approximate surface area is 151 Å². The van der Waals surface area contributed by atoms with Gasteiger partial charge in [0.05, 0.1) is 9.77 Å². The van der Waals surface area contributed by atoms with Crippen LogP contribution in [-0.2, 0) is 10.0 Å². The molecule has 2 aromatic rings. The lowest BCUT2D eigenvalue weighted by atomic mass is 10.2. The average molecular weight is 380 g/mol. The first-order valence-electron chi connectivity index (χ1n) is 8.16. The van der Waals surface area contributed by atoms with E-state index in [0.29, 0.717) is 23.7 Å². The third kappa shape index (κ3) is 4.20. The highest BCUT2D eigenvalue weighted by atomic mass is 32.2. The van der Waals surface area contributed by atoms with Crippen LogP contribution in [0, 0.1) is 0 Å². The van der Waals surface area contributed by atoms with Gasteiger partial charge in [0.1, 0.15) is 5.75 Å². The third-order valence-corrected chi connectivity index (χ3v) is 7.08. The minimum absolute atomic E-state index is 0.111. The highest BCUT2D eigenvalue weighted by molar-refractivity contribution is 7.89. The normalized spacial score (nSPS) is 16.3. The first-order valence-corrected chi connectivity index (χ1v) is 10.5. The summed E-state index contributed by atoms with van der Waals surface area (Å²) in [6, 6.07) is 7.53. The zero-order valence-corrected chi connectivity index (χ0v) is 15.3. The van der Waals surface area contributed by atoms with Crippen molar-refractivity contribution in [1.82, 2.24) is 4.31 Å². The van der Waals surface area contributed by atoms with Crippen LogP contribution in [0.15, 0.2) is 40.6 Å². The Hall–Kier alpha value is -1.90. The molecule has 8 heteroatoms. The number of hydrogen-bond acceptors (Lipinski definition) is 5. The number of benzene rings is 1. The first kappa shape index (κ1) is 17.9. The van der Waals surface area contributed by atoms with E-state index in [-0.39, 0.29) is 16.6 Å². The van der Waals surface area contributed by atoms with E-state index in [2.05, 4.69) is 5.32 Å². The standard InChI is InChI=1S/C17H20N2O4S2/c20-14-7-5-13(6-8-14)18-17(21)16-11-15(12-24-16)25(22,23)19-9-3-1-2-4-10-19/h5-8,11-12,20H,1-4,9-10H2,(H,18,21). The molecule has 1 aliphatic heterocycles. The summed E-state index contributed by atoms with van der Waals surface area (Å²) in [6.45, 7) is 1.07. The Morgan fingerprint density at radius 3 is 2.36 bits per heavy atom. The molecular formula is C17H20N2O4S2. The molecule has 3 rings (SSSR count). The van der Waals surface area contributed by atoms with E-state index in [1.165, 1.54) is 27.9 Å². The van der Waals surface area contributed by atoms with E-state index in [1.54, 1.807) is 12.1 Å². The molecule has 1 aliphatic rings. The summed E-state index contributed by atoms with van der Waals surface area (Å²) in [5.41, 5.74) is 0.535. The number of aromatic hydroxyl groups is 1. The molecule has 1 saturated heterocycles. The number of sulfonamides is 1. The number of nitrogens with zero attached hydrogens (tertiary/aromatic N) is 1. The molecule has 1 fully saturated rings. The average Bonchev–Trinajstić information content (AvgIpc) is 2.93. The van der Waals surface area contributed by atoms with Crippen LogP contribution in [0.3, 0.4) is 0 Å². The second-order valence-electron chi connectivity index (χ2n) is 5.97. The first-order chi connectivity index (χ1) is 12.0. The number of carbonyl (C=O) groups is 1. The predicted molar refractivity (Wildman–Crippen MR) is 97.6 cm³/mol. The molecule has 0 spiro atoms. The van der Waals surface area contributed by atoms with Gasteiger partial charge in [-0.05, 0) is 43.2 Å². The maximum atomic E-state index is 12.7. The quantitative estimate of drug-likeness (QED) is 0.797. The number of anilines is 1. The van der Waals surface area contributed by atoms with E-state index < -0.39 is 10.0 Å². The highest BCUT2D eigenvalue weighted by Crippen LogP contribution is 2.25. The molecule has 1 amide bonds. The zero-order chi connectivity index (χ0) is 17.9. The minimum Gasteiger partial charge on any atom is -0.508 e. The molecule has 134 valence electrons. The van der Waals surface area contributed by atoms with Gasteiger partial charge >= 0.3 is 0 Å². The topological polar surface area (TPSA) is 86.7 Å². The molecule has 2 N–H and O–H groups in total. The molecule has 0 bridgehead atoms. The number of amides is 1. The SMILES string of the molecule is O=C(Nc1ccc(O)cc1)c1cc(S(=O)(=O)N2CCCCCC2)cs1. The van der Waals surface area contributed by atoms with Gasteiger partial charge in [-0.3, -0.25) is 4.79 Å². The number of phenolic OH excluding ortho intramolecular Hbond substituents is 1. The lowest BCUT2D eigenvalue weighted by molar-refractivity contribution is 0.103. The van der Waals surface area contributed by atoms with Crippen molar-refractivity contribution in [2.75, 3.05) is 18.4 Å². The summed E-state index contributed by atoms with van der Waals surface area (Å²) >= 11 is 1.11. The fourth-order valence-corrected chi connectivity index (χ4v) is 5.42. The maximum Gasteiger partial charge on any atom is 0.265 e. The monoisotopic (exact) mass is 380 g/mol. The second-order valence-corrected chi connectivity index (χ2v) is 8.82. The van der Waals surface area contributed by atoms with Gasteiger partial charge in [0.15, 0.2) is 0 Å². The van der Waals surface area contributed by atoms with Crippen molar-refractivity contribution in [3.63, 3.8) is 0 Å². The van der Waals surface area contributed by atoms with Crippen LogP contribution >= 0.6 is 11.3 Å². The number of hydrogen-bond donors (Lipinski definition) is 2. The van der Waals surface area contributed by atoms with Crippen LogP contribution in [0.5, 0.6) is 5.75 Å². The molecule has 0 radical (unpaired) electrons. The number of carbonyl (C=O) groups excluding carboxylic acids is 1. The van der Waals surface area contributed by atoms with E-state index >= 15 is 0 Å². The van der Waals surface area contributed by atoms with Gasteiger partial charge in [-0.25, -0.2) is 8.42 Å². The van der Waals surface area contributed by atoms with Gasteiger partial charge in [0, 0.05) is 24.2 Å². The van der Waals surface area contributed by atoms with Gasteiger partial charge in [0.2, 0.25) is 10.0 Å². The van der Waals surface area contributed by atoms with Crippen LogP contribution < -0.4 is 5.32 Å². The molecule has 6 nitrogen and oxygen atoms in total. The largest absolute Gasteiger partial charge is 0.508 e. The minimum atomic E-state index is -3.55. The smallest absolute Gasteiger partial charge is 0.265 e. The Kier molecular flexibility index (Phi) is 5.41. The highest BCUT2D eigenvalue weighted by Gasteiger charge is 2.27. The fraction of sp³-hybridized carbons (Fsp3) is 0.353. The van der Waals surface area contributed by atoms with E-state index in [4.69, 9.17) is 0 Å². The molecular weight excluding hydrogens is 360 g/mol. The van der Waals surface area contributed by atoms with E-state index in [9.17, 15) is 18.3 Å². The number of rotatable bonds is 4. The van der Waals surface area contributed by atoms with Crippen LogP contribution in [0.25, 0.3) is 0 Å². The lowest BCUT2D eigenvalue weighted by Gasteiger charge is -2.18. The molecule has 0 unspecified atom stereocenters. The van der Waals surface area contributed by atoms with Gasteiger partial charge in [0.25, 0.3) is 5.91 Å². The van der Waals surface area contributed by atoms with Crippen molar-refractivity contribution in [3.05, 3.63) is 40.6 Å². The van der Waals surface area contributed by atoms with Crippen LogP contribution in [-0.4, -0.2) is 36.8 Å². The fourth-order valence-electron chi connectivity index (χ4n) is 2.74. The summed E-state index contributed by atoms with van der Waals surface area (Å²) in [7, 11) is -3.55. The lowest BCUT2D eigenvalue weighted by Crippen LogP contribution is -2.31. The Balaban J connectivity index is 1.74. The van der Waals surface area contributed by atoms with Crippen molar-refractivity contribution in [3.8, 4) is 5.75 Å². The number of thiophene rings is 1. The van der Waals surface area contributed by atoms with Gasteiger partial charge in [-0.1, -0.05) is 12.8 Å². The van der Waals surface area contributed by atoms with E-state index in [1.807, 2.05) is 0 Å². The molecule has 2 heterocycles. The van der Waals surface area contributed by atoms with Crippen molar-refractivity contribution >= 4 is 33.0 Å². The van der Waals surface area contributed by atoms with Crippen molar-refractivity contribution < 1.29 is 18.3 Å². The Morgan fingerprint density at radius 2 is 1.72 bits per heavy atom. The summed E-state index contributed by atoms with van der Waals surface area (Å²) in [5, 5.41) is 13.5. The maximum absolute atomic E-state index is 12.7. The molecule has 0 atom stereocenters. The summed E-state index contributed by atoms with van der Waals surface area (Å²) < 4.78 is 27.0. The Morgan fingerprint density at radius 1 is 1.08 bits per heavy atom. The van der Waals surface area contributed by atoms with Crippen molar-refractivity contribution in [2.45, 2.75) is 30.6 Å². The van der Waals surface area contributed by atoms with Gasteiger partial charge in [-0.2, -0.15) is 4.31 Å². The molecule has 0 aliphatic carbocycles. The van der Waals surface area contributed by atoms with Gasteiger partial charge < -0.3 is 10.4 Å². The van der Waals surface area contributed by atoms with E-state index in [0.717, 1.165) is 37.0 Å². The van der Waals surface area contributed by atoms with Gasteiger partial charge in [-0.15, -0.1) is 11.3 Å². The van der Waals surface area contributed by atoms with Crippen LogP contribution in [0.2, 0.25) is 0 Å². The van der Waals surface area contributed by atoms with Crippen LogP contribution in [0.4, 0.5) is 5.69 Å². The van der Waals surface area contributed by atoms with Crippen molar-refractivity contribution in [1.29, 1.82) is 0 Å². The predicted octanol–water partition coefficient (Wildman–Crippen LogP) is 3.27. The number of phenols is 1. The Bertz CT molecular complexity index is 836. The van der Waals surface area contributed by atoms with Crippen molar-refractivity contribution in [2.24, 2.45) is 0 Å². The summed E-state index contributed by atoms with van der Waals surface area (Å²) in [4.78, 5) is 12.8. The summed E-state index contributed by atoms with van der Waals surface area (Å²) in [5.74, 6) is -0.257. The number of nitrogens with one attached hydrogen (secondary N) is 1. The third-order valence-electron chi connectivity index (χ3n) is 4.13. The second kappa shape index (κ2) is 7.55. The zero-order valence-electron chi connectivity index (χ0n) is 13.6.